The molecule has 19 heavy (non-hydrogen) atoms. The van der Waals surface area contributed by atoms with Crippen LogP contribution in [0.5, 0.6) is 5.75 Å². The molecule has 3 N–H and O–H groups in total. The Hall–Kier alpha value is -1.93. The number of aryl methyl sites for hydroxylation is 1. The van der Waals surface area contributed by atoms with E-state index in [1.54, 1.807) is 18.5 Å². The van der Waals surface area contributed by atoms with Crippen LogP contribution in [0.2, 0.25) is 0 Å². The number of thiophene rings is 1. The van der Waals surface area contributed by atoms with Crippen molar-refractivity contribution in [3.63, 3.8) is 0 Å². The number of methoxy groups -OCH3 is 1. The van der Waals surface area contributed by atoms with Gasteiger partial charge < -0.3 is 15.8 Å². The van der Waals surface area contributed by atoms with Gasteiger partial charge in [-0.1, -0.05) is 12.2 Å². The highest BCUT2D eigenvalue weighted by atomic mass is 32.1. The molecule has 8 heteroatoms. The van der Waals surface area contributed by atoms with Gasteiger partial charge in [0.15, 0.2) is 0 Å². The van der Waals surface area contributed by atoms with Gasteiger partial charge >= 0.3 is 0 Å². The smallest absolute Gasteiger partial charge is 0.270 e. The third kappa shape index (κ3) is 2.59. The van der Waals surface area contributed by atoms with E-state index >= 15 is 0 Å². The number of nitrogens with one attached hydrogen (secondary N) is 1. The van der Waals surface area contributed by atoms with Crippen LogP contribution in [0.4, 0.5) is 5.82 Å². The fraction of sp³-hybridized carbons (Fsp3) is 0.182. The van der Waals surface area contributed by atoms with Crippen molar-refractivity contribution in [2.75, 3.05) is 12.4 Å². The summed E-state index contributed by atoms with van der Waals surface area (Å²) in [4.78, 5) is 12.8. The summed E-state index contributed by atoms with van der Waals surface area (Å²) in [5.41, 5.74) is 6.11. The van der Waals surface area contributed by atoms with Crippen LogP contribution < -0.4 is 15.8 Å². The molecule has 0 aromatic carbocycles. The second-order valence-corrected chi connectivity index (χ2v) is 5.02. The number of thiocarbonyl (C=S) groups is 1. The zero-order valence-corrected chi connectivity index (χ0v) is 12.0. The van der Waals surface area contributed by atoms with Gasteiger partial charge in [0.1, 0.15) is 21.4 Å². The van der Waals surface area contributed by atoms with E-state index in [1.165, 1.54) is 29.3 Å². The van der Waals surface area contributed by atoms with Crippen LogP contribution in [0.25, 0.3) is 0 Å². The molecule has 0 atom stereocenters. The maximum atomic E-state index is 12.2. The quantitative estimate of drug-likeness (QED) is 0.833. The lowest BCUT2D eigenvalue weighted by Crippen LogP contribution is -2.18. The van der Waals surface area contributed by atoms with Crippen molar-refractivity contribution >= 4 is 40.3 Å². The summed E-state index contributed by atoms with van der Waals surface area (Å²) in [7, 11) is 3.21. The molecule has 0 unspecified atom stereocenters. The maximum Gasteiger partial charge on any atom is 0.270 e. The topological polar surface area (TPSA) is 82.2 Å². The summed E-state index contributed by atoms with van der Waals surface area (Å²) in [6.07, 6.45) is 1.52. The van der Waals surface area contributed by atoms with Crippen molar-refractivity contribution < 1.29 is 9.53 Å². The number of hydrogen-bond acceptors (Lipinski definition) is 5. The summed E-state index contributed by atoms with van der Waals surface area (Å²) in [6.45, 7) is 0. The molecule has 2 heterocycles. The van der Waals surface area contributed by atoms with Crippen molar-refractivity contribution in [3.05, 3.63) is 28.1 Å². The van der Waals surface area contributed by atoms with Gasteiger partial charge in [-0.3, -0.25) is 9.48 Å². The lowest BCUT2D eigenvalue weighted by Gasteiger charge is -2.07. The Balaban J connectivity index is 2.29. The van der Waals surface area contributed by atoms with Crippen LogP contribution in [0.15, 0.2) is 17.6 Å². The predicted molar refractivity (Wildman–Crippen MR) is 77.9 cm³/mol. The summed E-state index contributed by atoms with van der Waals surface area (Å²) >= 11 is 6.21. The third-order valence-corrected chi connectivity index (χ3v) is 3.61. The molecule has 0 bridgehead atoms. The molecule has 0 saturated heterocycles. The Morgan fingerprint density at radius 2 is 2.37 bits per heavy atom. The number of nitrogens with zero attached hydrogens (tertiary/aromatic N) is 2. The van der Waals surface area contributed by atoms with Crippen LogP contribution >= 0.6 is 23.6 Å². The molecular weight excluding hydrogens is 284 g/mol. The molecule has 6 nitrogen and oxygen atoms in total. The van der Waals surface area contributed by atoms with Crippen molar-refractivity contribution in [2.24, 2.45) is 12.8 Å². The Kier molecular flexibility index (Phi) is 3.82. The summed E-state index contributed by atoms with van der Waals surface area (Å²) in [6, 6.07) is 1.73. The molecule has 0 fully saturated rings. The Morgan fingerprint density at radius 3 is 3.00 bits per heavy atom. The van der Waals surface area contributed by atoms with E-state index < -0.39 is 0 Å². The second-order valence-electron chi connectivity index (χ2n) is 3.67. The first-order valence-corrected chi connectivity index (χ1v) is 6.58. The number of carbonyl (C=O) groups is 1. The number of carbonyl (C=O) groups excluding carboxylic acids is 1. The number of rotatable bonds is 4. The average molecular weight is 296 g/mol. The zero-order valence-electron chi connectivity index (χ0n) is 10.3. The van der Waals surface area contributed by atoms with Crippen molar-refractivity contribution in [3.8, 4) is 5.75 Å². The number of nitrogens with two attached hydrogens (primary N) is 1. The van der Waals surface area contributed by atoms with E-state index in [1.807, 2.05) is 0 Å². The minimum atomic E-state index is -0.284. The molecule has 100 valence electrons. The van der Waals surface area contributed by atoms with E-state index in [4.69, 9.17) is 22.7 Å². The highest BCUT2D eigenvalue weighted by molar-refractivity contribution is 7.80. The SMILES string of the molecule is COc1ccsc1C(=O)Nc1c(C(N)=S)cnn1C. The first-order chi connectivity index (χ1) is 9.04. The highest BCUT2D eigenvalue weighted by Gasteiger charge is 2.18. The van der Waals surface area contributed by atoms with E-state index in [9.17, 15) is 4.79 Å². The van der Waals surface area contributed by atoms with Gasteiger partial charge in [-0.25, -0.2) is 0 Å². The fourth-order valence-electron chi connectivity index (χ4n) is 1.55. The molecule has 0 spiro atoms. The standard InChI is InChI=1S/C11H12N4O2S2/c1-15-10(6(5-13-15)9(12)18)14-11(16)8-7(17-2)3-4-19-8/h3-5H,1-2H3,(H2,12,18)(H,14,16). The largest absolute Gasteiger partial charge is 0.495 e. The van der Waals surface area contributed by atoms with Gasteiger partial charge in [0, 0.05) is 7.05 Å². The molecule has 1 amide bonds. The lowest BCUT2D eigenvalue weighted by molar-refractivity contribution is 0.102. The molecular formula is C11H12N4O2S2. The van der Waals surface area contributed by atoms with Crippen LogP contribution in [-0.4, -0.2) is 27.8 Å². The molecule has 2 rings (SSSR count). The summed E-state index contributed by atoms with van der Waals surface area (Å²) in [5, 5.41) is 8.55. The first kappa shape index (κ1) is 13.5. The first-order valence-electron chi connectivity index (χ1n) is 5.29. The van der Waals surface area contributed by atoms with E-state index in [-0.39, 0.29) is 10.9 Å². The number of ether oxygens (including phenoxy) is 1. The minimum absolute atomic E-state index is 0.182. The summed E-state index contributed by atoms with van der Waals surface area (Å²) in [5.74, 6) is 0.711. The molecule has 0 radical (unpaired) electrons. The lowest BCUT2D eigenvalue weighted by atomic mass is 10.3. The fourth-order valence-corrected chi connectivity index (χ4v) is 2.46. The van der Waals surface area contributed by atoms with E-state index in [0.717, 1.165) is 0 Å². The van der Waals surface area contributed by atoms with Gasteiger partial charge in [-0.15, -0.1) is 11.3 Å². The van der Waals surface area contributed by atoms with Crippen molar-refractivity contribution in [2.45, 2.75) is 0 Å². The normalized spacial score (nSPS) is 10.2. The molecule has 0 saturated carbocycles. The van der Waals surface area contributed by atoms with Gasteiger partial charge in [-0.05, 0) is 11.4 Å². The van der Waals surface area contributed by atoms with Crippen LogP contribution in [0.1, 0.15) is 15.2 Å². The van der Waals surface area contributed by atoms with Gasteiger partial charge in [-0.2, -0.15) is 5.10 Å². The van der Waals surface area contributed by atoms with Gasteiger partial charge in [0.25, 0.3) is 5.91 Å². The van der Waals surface area contributed by atoms with Gasteiger partial charge in [0.05, 0.1) is 18.9 Å². The maximum absolute atomic E-state index is 12.2. The van der Waals surface area contributed by atoms with E-state index in [2.05, 4.69) is 10.4 Å². The molecule has 0 aliphatic heterocycles. The highest BCUT2D eigenvalue weighted by Crippen LogP contribution is 2.26. The molecule has 2 aromatic rings. The summed E-state index contributed by atoms with van der Waals surface area (Å²) < 4.78 is 6.62. The van der Waals surface area contributed by atoms with Crippen LogP contribution in [0, 0.1) is 0 Å². The monoisotopic (exact) mass is 296 g/mol. The molecule has 0 aliphatic rings. The minimum Gasteiger partial charge on any atom is -0.495 e. The van der Waals surface area contributed by atoms with Crippen LogP contribution in [0.3, 0.4) is 0 Å². The van der Waals surface area contributed by atoms with Crippen molar-refractivity contribution in [1.29, 1.82) is 0 Å². The van der Waals surface area contributed by atoms with Crippen LogP contribution in [-0.2, 0) is 7.05 Å². The van der Waals surface area contributed by atoms with E-state index in [0.29, 0.717) is 22.0 Å². The Labute approximate surface area is 119 Å². The molecule has 2 aromatic heterocycles. The molecule has 0 aliphatic carbocycles. The predicted octanol–water partition coefficient (Wildman–Crippen LogP) is 1.38. The van der Waals surface area contributed by atoms with Gasteiger partial charge in [0.2, 0.25) is 0 Å². The Bertz CT molecular complexity index is 632. The Morgan fingerprint density at radius 1 is 1.63 bits per heavy atom. The van der Waals surface area contributed by atoms with Crippen molar-refractivity contribution in [1.82, 2.24) is 9.78 Å². The number of hydrogen-bond donors (Lipinski definition) is 2. The third-order valence-electron chi connectivity index (χ3n) is 2.49. The number of amides is 1. The zero-order chi connectivity index (χ0) is 14.0. The second kappa shape index (κ2) is 5.37. The number of aromatic nitrogens is 2. The number of anilines is 1. The average Bonchev–Trinajstić information content (AvgIpc) is 2.96.